The summed E-state index contributed by atoms with van der Waals surface area (Å²) in [6, 6.07) is 6.77. The summed E-state index contributed by atoms with van der Waals surface area (Å²) in [7, 11) is 2.16. The van der Waals surface area contributed by atoms with Gasteiger partial charge in [-0.25, -0.2) is 4.98 Å². The van der Waals surface area contributed by atoms with Gasteiger partial charge in [-0.1, -0.05) is 25.8 Å². The molecule has 3 heteroatoms. The molecule has 0 saturated heterocycles. The van der Waals surface area contributed by atoms with Gasteiger partial charge in [-0.3, -0.25) is 0 Å². The Morgan fingerprint density at radius 1 is 1.38 bits per heavy atom. The molecule has 2 unspecified atom stereocenters. The van der Waals surface area contributed by atoms with Gasteiger partial charge in [0, 0.05) is 13.1 Å². The first-order valence-electron chi connectivity index (χ1n) is 6.02. The molecule has 1 aliphatic rings. The van der Waals surface area contributed by atoms with Crippen molar-refractivity contribution in [3.8, 4) is 0 Å². The lowest BCUT2D eigenvalue weighted by Gasteiger charge is -2.34. The molecule has 1 aromatic heterocycles. The molecular weight excluding hydrogens is 264 g/mol. The van der Waals surface area contributed by atoms with Crippen LogP contribution in [0.4, 0.5) is 5.82 Å². The molecule has 0 amide bonds. The second-order valence-electron chi connectivity index (χ2n) is 4.86. The van der Waals surface area contributed by atoms with E-state index in [2.05, 4.69) is 51.9 Å². The summed E-state index contributed by atoms with van der Waals surface area (Å²) >= 11 is 3.43. The minimum absolute atomic E-state index is 0.658. The van der Waals surface area contributed by atoms with Gasteiger partial charge in [0.2, 0.25) is 0 Å². The monoisotopic (exact) mass is 282 g/mol. The third-order valence-electron chi connectivity index (χ3n) is 3.52. The number of hydrogen-bond donors (Lipinski definition) is 0. The maximum atomic E-state index is 4.52. The SMILES string of the molecule is CC1CCCC(N(C)c2cccc(Br)n2)C1. The highest BCUT2D eigenvalue weighted by Crippen LogP contribution is 2.29. The minimum Gasteiger partial charge on any atom is -0.357 e. The highest BCUT2D eigenvalue weighted by molar-refractivity contribution is 9.10. The Bertz CT molecular complexity index is 354. The van der Waals surface area contributed by atoms with Crippen LogP contribution in [0.15, 0.2) is 22.8 Å². The molecule has 1 heterocycles. The Morgan fingerprint density at radius 3 is 2.88 bits per heavy atom. The molecule has 2 rings (SSSR count). The Kier molecular flexibility index (Phi) is 3.85. The third-order valence-corrected chi connectivity index (χ3v) is 3.96. The Balaban J connectivity index is 2.09. The highest BCUT2D eigenvalue weighted by atomic mass is 79.9. The molecule has 0 radical (unpaired) electrons. The first-order valence-corrected chi connectivity index (χ1v) is 6.81. The smallest absolute Gasteiger partial charge is 0.129 e. The third kappa shape index (κ3) is 2.76. The summed E-state index contributed by atoms with van der Waals surface area (Å²) in [5.41, 5.74) is 0. The fourth-order valence-electron chi connectivity index (χ4n) is 2.53. The van der Waals surface area contributed by atoms with E-state index in [1.807, 2.05) is 6.07 Å². The molecule has 16 heavy (non-hydrogen) atoms. The molecule has 88 valence electrons. The summed E-state index contributed by atoms with van der Waals surface area (Å²) in [5, 5.41) is 0. The van der Waals surface area contributed by atoms with E-state index in [0.717, 1.165) is 16.3 Å². The largest absolute Gasteiger partial charge is 0.357 e. The van der Waals surface area contributed by atoms with Gasteiger partial charge >= 0.3 is 0 Å². The van der Waals surface area contributed by atoms with Crippen molar-refractivity contribution in [3.63, 3.8) is 0 Å². The van der Waals surface area contributed by atoms with Crippen molar-refractivity contribution in [2.24, 2.45) is 5.92 Å². The van der Waals surface area contributed by atoms with E-state index in [4.69, 9.17) is 0 Å². The van der Waals surface area contributed by atoms with E-state index >= 15 is 0 Å². The summed E-state index contributed by atoms with van der Waals surface area (Å²) in [5.74, 6) is 1.93. The van der Waals surface area contributed by atoms with Gasteiger partial charge in [-0.05, 0) is 46.8 Å². The van der Waals surface area contributed by atoms with Crippen molar-refractivity contribution >= 4 is 21.7 Å². The van der Waals surface area contributed by atoms with Gasteiger partial charge in [0.1, 0.15) is 10.4 Å². The summed E-state index contributed by atoms with van der Waals surface area (Å²) in [6.07, 6.45) is 5.33. The van der Waals surface area contributed by atoms with Gasteiger partial charge < -0.3 is 4.90 Å². The number of hydrogen-bond acceptors (Lipinski definition) is 2. The molecule has 1 fully saturated rings. The number of halogens is 1. The van der Waals surface area contributed by atoms with Crippen molar-refractivity contribution in [2.75, 3.05) is 11.9 Å². The number of anilines is 1. The Hall–Kier alpha value is -0.570. The fourth-order valence-corrected chi connectivity index (χ4v) is 2.87. The Labute approximate surface area is 106 Å². The van der Waals surface area contributed by atoms with Crippen LogP contribution < -0.4 is 4.90 Å². The van der Waals surface area contributed by atoms with Crippen LogP contribution in [0, 0.1) is 5.92 Å². The molecule has 0 N–H and O–H groups in total. The second kappa shape index (κ2) is 5.17. The van der Waals surface area contributed by atoms with E-state index < -0.39 is 0 Å². The predicted octanol–water partition coefficient (Wildman–Crippen LogP) is 3.86. The average molecular weight is 283 g/mol. The molecular formula is C13H19BrN2. The Morgan fingerprint density at radius 2 is 2.19 bits per heavy atom. The summed E-state index contributed by atoms with van der Waals surface area (Å²) < 4.78 is 0.917. The molecule has 0 bridgehead atoms. The highest BCUT2D eigenvalue weighted by Gasteiger charge is 2.23. The quantitative estimate of drug-likeness (QED) is 0.766. The van der Waals surface area contributed by atoms with Crippen LogP contribution in [0.5, 0.6) is 0 Å². The van der Waals surface area contributed by atoms with Crippen molar-refractivity contribution in [2.45, 2.75) is 38.6 Å². The lowest BCUT2D eigenvalue weighted by Crippen LogP contribution is -2.36. The minimum atomic E-state index is 0.658. The first kappa shape index (κ1) is 11.9. The topological polar surface area (TPSA) is 16.1 Å². The first-order chi connectivity index (χ1) is 7.66. The molecule has 2 nitrogen and oxygen atoms in total. The van der Waals surface area contributed by atoms with Gasteiger partial charge in [-0.2, -0.15) is 0 Å². The lowest BCUT2D eigenvalue weighted by atomic mass is 9.86. The zero-order valence-corrected chi connectivity index (χ0v) is 11.6. The van der Waals surface area contributed by atoms with Gasteiger partial charge in [0.25, 0.3) is 0 Å². The van der Waals surface area contributed by atoms with Gasteiger partial charge in [0.15, 0.2) is 0 Å². The van der Waals surface area contributed by atoms with Crippen molar-refractivity contribution in [3.05, 3.63) is 22.8 Å². The van der Waals surface area contributed by atoms with E-state index in [1.165, 1.54) is 25.7 Å². The molecule has 0 spiro atoms. The van der Waals surface area contributed by atoms with Crippen LogP contribution in [0.3, 0.4) is 0 Å². The number of pyridine rings is 1. The summed E-state index contributed by atoms with van der Waals surface area (Å²) in [6.45, 7) is 2.36. The molecule has 0 aliphatic heterocycles. The normalized spacial score (nSPS) is 25.4. The zero-order valence-electron chi connectivity index (χ0n) is 9.99. The fraction of sp³-hybridized carbons (Fsp3) is 0.615. The van der Waals surface area contributed by atoms with E-state index in [9.17, 15) is 0 Å². The molecule has 0 aromatic carbocycles. The van der Waals surface area contributed by atoms with Crippen LogP contribution >= 0.6 is 15.9 Å². The molecule has 2 atom stereocenters. The zero-order chi connectivity index (χ0) is 11.5. The standard InChI is InChI=1S/C13H19BrN2/c1-10-5-3-6-11(9-10)16(2)13-8-4-7-12(14)15-13/h4,7-8,10-11H,3,5-6,9H2,1-2H3. The maximum Gasteiger partial charge on any atom is 0.129 e. The van der Waals surface area contributed by atoms with Crippen molar-refractivity contribution in [1.82, 2.24) is 4.98 Å². The van der Waals surface area contributed by atoms with Crippen LogP contribution in [-0.4, -0.2) is 18.1 Å². The van der Waals surface area contributed by atoms with Crippen molar-refractivity contribution in [1.29, 1.82) is 0 Å². The summed E-state index contributed by atoms with van der Waals surface area (Å²) in [4.78, 5) is 6.85. The maximum absolute atomic E-state index is 4.52. The number of nitrogens with zero attached hydrogens (tertiary/aromatic N) is 2. The van der Waals surface area contributed by atoms with E-state index in [-0.39, 0.29) is 0 Å². The van der Waals surface area contributed by atoms with Crippen LogP contribution in [0.1, 0.15) is 32.6 Å². The second-order valence-corrected chi connectivity index (χ2v) is 5.67. The van der Waals surface area contributed by atoms with E-state index in [1.54, 1.807) is 0 Å². The average Bonchev–Trinajstić information content (AvgIpc) is 2.28. The lowest BCUT2D eigenvalue weighted by molar-refractivity contribution is 0.335. The van der Waals surface area contributed by atoms with Crippen molar-refractivity contribution < 1.29 is 0 Å². The predicted molar refractivity (Wildman–Crippen MR) is 71.8 cm³/mol. The molecule has 1 saturated carbocycles. The molecule has 1 aromatic rings. The molecule has 1 aliphatic carbocycles. The number of aromatic nitrogens is 1. The van der Waals surface area contributed by atoms with Crippen LogP contribution in [0.25, 0.3) is 0 Å². The van der Waals surface area contributed by atoms with Gasteiger partial charge in [0.05, 0.1) is 0 Å². The number of rotatable bonds is 2. The van der Waals surface area contributed by atoms with Crippen LogP contribution in [-0.2, 0) is 0 Å². The van der Waals surface area contributed by atoms with Crippen LogP contribution in [0.2, 0.25) is 0 Å². The van der Waals surface area contributed by atoms with Gasteiger partial charge in [-0.15, -0.1) is 0 Å². The van der Waals surface area contributed by atoms with E-state index in [0.29, 0.717) is 6.04 Å².